The summed E-state index contributed by atoms with van der Waals surface area (Å²) in [5.41, 5.74) is 1.25. The van der Waals surface area contributed by atoms with Gasteiger partial charge in [0.05, 0.1) is 6.54 Å². The average Bonchev–Trinajstić information content (AvgIpc) is 2.25. The fourth-order valence-corrected chi connectivity index (χ4v) is 1.19. The first-order chi connectivity index (χ1) is 7.63. The number of aryl methyl sites for hydroxylation is 1. The van der Waals surface area contributed by atoms with E-state index in [1.165, 1.54) is 6.07 Å². The third-order valence-corrected chi connectivity index (χ3v) is 2.03. The minimum Gasteiger partial charge on any atom is -0.350 e. The Balaban J connectivity index is 2.48. The van der Waals surface area contributed by atoms with Gasteiger partial charge in [0.15, 0.2) is 0 Å². The molecule has 2 amide bonds. The van der Waals surface area contributed by atoms with Crippen LogP contribution in [-0.4, -0.2) is 18.9 Å². The molecule has 0 unspecified atom stereocenters. The van der Waals surface area contributed by atoms with E-state index in [-0.39, 0.29) is 24.8 Å². The van der Waals surface area contributed by atoms with Crippen molar-refractivity contribution in [2.24, 2.45) is 0 Å². The summed E-state index contributed by atoms with van der Waals surface area (Å²) in [4.78, 5) is 21.0. The normalized spacial score (nSPS) is 9.62. The van der Waals surface area contributed by atoms with Crippen molar-refractivity contribution < 1.29 is 14.0 Å². The number of hydrogen-bond donors (Lipinski definition) is 2. The van der Waals surface area contributed by atoms with E-state index in [1.54, 1.807) is 19.1 Å². The topological polar surface area (TPSA) is 58.2 Å². The van der Waals surface area contributed by atoms with Gasteiger partial charge in [-0.25, -0.2) is 4.39 Å². The molecule has 2 N–H and O–H groups in total. The van der Waals surface area contributed by atoms with Gasteiger partial charge < -0.3 is 10.6 Å². The predicted molar refractivity (Wildman–Crippen MR) is 57.1 cm³/mol. The van der Waals surface area contributed by atoms with Gasteiger partial charge in [0.2, 0.25) is 12.3 Å². The average molecular weight is 224 g/mol. The summed E-state index contributed by atoms with van der Waals surface area (Å²) in [5, 5.41) is 4.72. The molecule has 0 fully saturated rings. The van der Waals surface area contributed by atoms with Gasteiger partial charge in [-0.2, -0.15) is 0 Å². The summed E-state index contributed by atoms with van der Waals surface area (Å²) in [6.45, 7) is 1.81. The van der Waals surface area contributed by atoms with Crippen LogP contribution in [0.2, 0.25) is 0 Å². The number of carbonyl (C=O) groups excluding carboxylic acids is 2. The Labute approximate surface area is 92.8 Å². The summed E-state index contributed by atoms with van der Waals surface area (Å²) in [6.07, 6.45) is 0.437. The molecule has 1 aromatic carbocycles. The molecule has 16 heavy (non-hydrogen) atoms. The first kappa shape index (κ1) is 12.2. The lowest BCUT2D eigenvalue weighted by Crippen LogP contribution is -2.33. The van der Waals surface area contributed by atoms with Crippen molar-refractivity contribution in [3.8, 4) is 0 Å². The zero-order valence-electron chi connectivity index (χ0n) is 8.92. The quantitative estimate of drug-likeness (QED) is 0.715. The van der Waals surface area contributed by atoms with Gasteiger partial charge in [-0.3, -0.25) is 9.59 Å². The molecule has 0 radical (unpaired) electrons. The Morgan fingerprint density at radius 2 is 2.25 bits per heavy atom. The van der Waals surface area contributed by atoms with Crippen molar-refractivity contribution in [3.05, 3.63) is 35.1 Å². The fourth-order valence-electron chi connectivity index (χ4n) is 1.19. The molecular formula is C11H13FN2O2. The number of halogens is 1. The predicted octanol–water partition coefficient (Wildman–Crippen LogP) is 0.496. The minimum atomic E-state index is -0.355. The molecule has 86 valence electrons. The van der Waals surface area contributed by atoms with Gasteiger partial charge in [0.1, 0.15) is 5.82 Å². The SMILES string of the molecule is Cc1ccc(CNC(=O)CNC=O)c(F)c1. The summed E-state index contributed by atoms with van der Waals surface area (Å²) in [5.74, 6) is -0.698. The molecule has 0 aliphatic heterocycles. The highest BCUT2D eigenvalue weighted by atomic mass is 19.1. The molecule has 0 heterocycles. The second-order valence-corrected chi connectivity index (χ2v) is 3.37. The van der Waals surface area contributed by atoms with Crippen LogP contribution in [-0.2, 0) is 16.1 Å². The van der Waals surface area contributed by atoms with Crippen molar-refractivity contribution >= 4 is 12.3 Å². The Hall–Kier alpha value is -1.91. The molecule has 0 atom stereocenters. The van der Waals surface area contributed by atoms with Crippen LogP contribution in [0, 0.1) is 12.7 Å². The molecule has 0 aliphatic carbocycles. The number of carbonyl (C=O) groups is 2. The van der Waals surface area contributed by atoms with E-state index in [1.807, 2.05) is 0 Å². The fraction of sp³-hybridized carbons (Fsp3) is 0.273. The molecule has 0 spiro atoms. The molecule has 1 aromatic rings. The molecule has 0 aliphatic rings. The van der Waals surface area contributed by atoms with Gasteiger partial charge in [-0.15, -0.1) is 0 Å². The van der Waals surface area contributed by atoms with Crippen molar-refractivity contribution in [2.45, 2.75) is 13.5 Å². The van der Waals surface area contributed by atoms with E-state index in [4.69, 9.17) is 0 Å². The summed E-state index contributed by atoms with van der Waals surface area (Å²) in [7, 11) is 0. The lowest BCUT2D eigenvalue weighted by Gasteiger charge is -2.06. The van der Waals surface area contributed by atoms with E-state index in [0.29, 0.717) is 12.0 Å². The van der Waals surface area contributed by atoms with Gasteiger partial charge in [0.25, 0.3) is 0 Å². The van der Waals surface area contributed by atoms with Crippen molar-refractivity contribution in [1.82, 2.24) is 10.6 Å². The van der Waals surface area contributed by atoms with Gasteiger partial charge >= 0.3 is 0 Å². The Morgan fingerprint density at radius 1 is 1.50 bits per heavy atom. The Bertz CT molecular complexity index is 394. The van der Waals surface area contributed by atoms with Crippen LogP contribution >= 0.6 is 0 Å². The first-order valence-electron chi connectivity index (χ1n) is 4.82. The molecule has 0 aromatic heterocycles. The Morgan fingerprint density at radius 3 is 2.88 bits per heavy atom. The van der Waals surface area contributed by atoms with Gasteiger partial charge in [-0.05, 0) is 18.6 Å². The maximum atomic E-state index is 13.3. The van der Waals surface area contributed by atoms with E-state index in [2.05, 4.69) is 10.6 Å². The summed E-state index contributed by atoms with van der Waals surface area (Å²) < 4.78 is 13.3. The number of benzene rings is 1. The standard InChI is InChI=1S/C11H13FN2O2/c1-8-2-3-9(10(12)4-8)5-14-11(16)6-13-7-15/h2-4,7H,5-6H2,1H3,(H,13,15)(H,14,16). The molecule has 5 heteroatoms. The van der Waals surface area contributed by atoms with Gasteiger partial charge in [0, 0.05) is 12.1 Å². The second-order valence-electron chi connectivity index (χ2n) is 3.37. The highest BCUT2D eigenvalue weighted by Gasteiger charge is 2.04. The summed E-state index contributed by atoms with van der Waals surface area (Å²) >= 11 is 0. The largest absolute Gasteiger partial charge is 0.350 e. The van der Waals surface area contributed by atoms with E-state index < -0.39 is 0 Å². The highest BCUT2D eigenvalue weighted by molar-refractivity contribution is 5.79. The van der Waals surface area contributed by atoms with Crippen LogP contribution in [0.4, 0.5) is 4.39 Å². The zero-order valence-corrected chi connectivity index (χ0v) is 8.92. The zero-order chi connectivity index (χ0) is 12.0. The molecular weight excluding hydrogens is 211 g/mol. The summed E-state index contributed by atoms with van der Waals surface area (Å²) in [6, 6.07) is 4.80. The van der Waals surface area contributed by atoms with Crippen LogP contribution in [0.25, 0.3) is 0 Å². The lowest BCUT2D eigenvalue weighted by molar-refractivity contribution is -0.122. The van der Waals surface area contributed by atoms with E-state index >= 15 is 0 Å². The third-order valence-electron chi connectivity index (χ3n) is 2.03. The lowest BCUT2D eigenvalue weighted by atomic mass is 10.1. The number of hydrogen-bond acceptors (Lipinski definition) is 2. The van der Waals surface area contributed by atoms with Crippen LogP contribution in [0.15, 0.2) is 18.2 Å². The smallest absolute Gasteiger partial charge is 0.239 e. The van der Waals surface area contributed by atoms with Gasteiger partial charge in [-0.1, -0.05) is 12.1 Å². The van der Waals surface area contributed by atoms with Crippen molar-refractivity contribution in [2.75, 3.05) is 6.54 Å². The van der Waals surface area contributed by atoms with Crippen LogP contribution < -0.4 is 10.6 Å². The maximum Gasteiger partial charge on any atom is 0.239 e. The molecule has 0 saturated carbocycles. The van der Waals surface area contributed by atoms with Crippen molar-refractivity contribution in [3.63, 3.8) is 0 Å². The number of nitrogens with one attached hydrogen (secondary N) is 2. The molecule has 4 nitrogen and oxygen atoms in total. The Kier molecular flexibility index (Phi) is 4.44. The molecule has 0 bridgehead atoms. The van der Waals surface area contributed by atoms with E-state index in [9.17, 15) is 14.0 Å². The minimum absolute atomic E-state index is 0.100. The third kappa shape index (κ3) is 3.68. The van der Waals surface area contributed by atoms with Crippen molar-refractivity contribution in [1.29, 1.82) is 0 Å². The molecule has 1 rings (SSSR count). The van der Waals surface area contributed by atoms with Crippen LogP contribution in [0.1, 0.15) is 11.1 Å². The number of amides is 2. The monoisotopic (exact) mass is 224 g/mol. The van der Waals surface area contributed by atoms with Crippen LogP contribution in [0.3, 0.4) is 0 Å². The first-order valence-corrected chi connectivity index (χ1v) is 4.82. The molecule has 0 saturated heterocycles. The van der Waals surface area contributed by atoms with E-state index in [0.717, 1.165) is 5.56 Å². The highest BCUT2D eigenvalue weighted by Crippen LogP contribution is 2.09. The maximum absolute atomic E-state index is 13.3. The van der Waals surface area contributed by atoms with Crippen LogP contribution in [0.5, 0.6) is 0 Å². The second kappa shape index (κ2) is 5.85. The number of rotatable bonds is 5.